The molecular formula is C23H28N2O4. The molecule has 154 valence electrons. The lowest BCUT2D eigenvalue weighted by atomic mass is 9.94. The third-order valence-corrected chi connectivity index (χ3v) is 4.94. The van der Waals surface area contributed by atoms with Crippen molar-refractivity contribution >= 4 is 11.4 Å². The molecule has 0 spiro atoms. The van der Waals surface area contributed by atoms with Crippen molar-refractivity contribution in [3.8, 4) is 11.1 Å². The van der Waals surface area contributed by atoms with Gasteiger partial charge in [0.05, 0.1) is 24.1 Å². The number of aryl methyl sites for hydroxylation is 2. The third-order valence-electron chi connectivity index (χ3n) is 4.94. The highest BCUT2D eigenvalue weighted by atomic mass is 16.6. The van der Waals surface area contributed by atoms with Gasteiger partial charge >= 0.3 is 0 Å². The Bertz CT molecular complexity index is 946. The van der Waals surface area contributed by atoms with Gasteiger partial charge in [-0.2, -0.15) is 0 Å². The molecule has 0 saturated carbocycles. The lowest BCUT2D eigenvalue weighted by molar-refractivity contribution is -0.384. The molecule has 1 aliphatic heterocycles. The van der Waals surface area contributed by atoms with Gasteiger partial charge in [-0.1, -0.05) is 19.6 Å². The van der Waals surface area contributed by atoms with Crippen molar-refractivity contribution in [2.75, 3.05) is 18.9 Å². The number of non-ortho nitro benzene ring substituents is 1. The number of hydrogen-bond acceptors (Lipinski definition) is 5. The van der Waals surface area contributed by atoms with Crippen LogP contribution in [0.15, 0.2) is 59.4 Å². The normalized spacial score (nSPS) is 15.2. The van der Waals surface area contributed by atoms with E-state index in [1.54, 1.807) is 30.7 Å². The molecule has 0 aliphatic carbocycles. The van der Waals surface area contributed by atoms with Crippen LogP contribution in [-0.2, 0) is 4.74 Å². The topological polar surface area (TPSA) is 91.5 Å². The van der Waals surface area contributed by atoms with E-state index < -0.39 is 4.92 Å². The molecule has 1 aliphatic rings. The number of nitrogen functional groups attached to an aromatic ring is 1. The molecule has 1 unspecified atom stereocenters. The molecule has 4 rings (SSSR count). The van der Waals surface area contributed by atoms with E-state index in [2.05, 4.69) is 19.1 Å². The van der Waals surface area contributed by atoms with Gasteiger partial charge in [0.15, 0.2) is 0 Å². The summed E-state index contributed by atoms with van der Waals surface area (Å²) in [4.78, 5) is 10.2. The minimum Gasteiger partial charge on any atom is -0.472 e. The predicted molar refractivity (Wildman–Crippen MR) is 116 cm³/mol. The summed E-state index contributed by atoms with van der Waals surface area (Å²) in [6.07, 6.45) is 4.25. The molecule has 6 nitrogen and oxygen atoms in total. The molecular weight excluding hydrogens is 368 g/mol. The summed E-state index contributed by atoms with van der Waals surface area (Å²) in [5, 5.41) is 10.6. The Balaban J connectivity index is 0.000000202. The van der Waals surface area contributed by atoms with Crippen molar-refractivity contribution in [3.63, 3.8) is 0 Å². The maximum Gasteiger partial charge on any atom is 0.270 e. The van der Waals surface area contributed by atoms with Crippen LogP contribution < -0.4 is 5.73 Å². The minimum absolute atomic E-state index is 0. The Labute approximate surface area is 171 Å². The second kappa shape index (κ2) is 9.89. The maximum absolute atomic E-state index is 10.6. The Morgan fingerprint density at radius 2 is 1.86 bits per heavy atom. The third kappa shape index (κ3) is 5.45. The number of nitrogens with zero attached hydrogens (tertiary/aromatic N) is 1. The summed E-state index contributed by atoms with van der Waals surface area (Å²) in [6.45, 7) is 5.78. The first-order valence-corrected chi connectivity index (χ1v) is 9.17. The average Bonchev–Trinajstić information content (AvgIpc) is 3.38. The van der Waals surface area contributed by atoms with Crippen LogP contribution in [0.25, 0.3) is 11.1 Å². The van der Waals surface area contributed by atoms with E-state index >= 15 is 0 Å². The van der Waals surface area contributed by atoms with Crippen LogP contribution in [0.3, 0.4) is 0 Å². The largest absolute Gasteiger partial charge is 0.472 e. The first-order valence-electron chi connectivity index (χ1n) is 9.17. The van der Waals surface area contributed by atoms with Crippen LogP contribution in [0.2, 0.25) is 0 Å². The molecule has 6 heteroatoms. The van der Waals surface area contributed by atoms with Crippen molar-refractivity contribution < 1.29 is 14.1 Å². The molecule has 2 N–H and O–H groups in total. The van der Waals surface area contributed by atoms with Gasteiger partial charge in [0.25, 0.3) is 5.69 Å². The molecule has 1 atom stereocenters. The molecule has 0 radical (unpaired) electrons. The van der Waals surface area contributed by atoms with E-state index in [9.17, 15) is 10.1 Å². The lowest BCUT2D eigenvalue weighted by Gasteiger charge is -2.11. The first kappa shape index (κ1) is 22.2. The molecule has 29 heavy (non-hydrogen) atoms. The SMILES string of the molecule is C.Cc1ccc(N)cc1C1CCOC1.Cc1ccc([N+](=O)[O-])cc1-c1ccoc1. The summed E-state index contributed by atoms with van der Waals surface area (Å²) in [5.74, 6) is 0.559. The fraction of sp³-hybridized carbons (Fsp3) is 0.304. The molecule has 3 aromatic rings. The van der Waals surface area contributed by atoms with E-state index in [-0.39, 0.29) is 13.1 Å². The van der Waals surface area contributed by atoms with Gasteiger partial charge in [0, 0.05) is 35.9 Å². The predicted octanol–water partition coefficient (Wildman–Crippen LogP) is 5.88. The van der Waals surface area contributed by atoms with Gasteiger partial charge in [0.2, 0.25) is 0 Å². The zero-order valence-electron chi connectivity index (χ0n) is 16.1. The molecule has 0 bridgehead atoms. The van der Waals surface area contributed by atoms with Gasteiger partial charge < -0.3 is 14.9 Å². The number of ether oxygens (including phenoxy) is 1. The van der Waals surface area contributed by atoms with Crippen molar-refractivity contribution in [2.24, 2.45) is 0 Å². The number of benzene rings is 2. The van der Waals surface area contributed by atoms with Crippen molar-refractivity contribution in [2.45, 2.75) is 33.6 Å². The summed E-state index contributed by atoms with van der Waals surface area (Å²) < 4.78 is 10.3. The first-order chi connectivity index (χ1) is 13.5. The quantitative estimate of drug-likeness (QED) is 0.339. The zero-order valence-corrected chi connectivity index (χ0v) is 16.1. The lowest BCUT2D eigenvalue weighted by Crippen LogP contribution is -2.01. The second-order valence-electron chi connectivity index (χ2n) is 6.94. The van der Waals surface area contributed by atoms with Gasteiger partial charge in [-0.15, -0.1) is 0 Å². The van der Waals surface area contributed by atoms with Gasteiger partial charge in [-0.05, 0) is 60.7 Å². The highest BCUT2D eigenvalue weighted by Crippen LogP contribution is 2.29. The van der Waals surface area contributed by atoms with Crippen molar-refractivity contribution in [3.05, 3.63) is 81.8 Å². The minimum atomic E-state index is -0.400. The highest BCUT2D eigenvalue weighted by Gasteiger charge is 2.19. The number of furan rings is 1. The average molecular weight is 396 g/mol. The Morgan fingerprint density at radius 1 is 1.10 bits per heavy atom. The highest BCUT2D eigenvalue weighted by molar-refractivity contribution is 5.68. The van der Waals surface area contributed by atoms with Crippen LogP contribution in [0.5, 0.6) is 0 Å². The van der Waals surface area contributed by atoms with Crippen LogP contribution in [0, 0.1) is 24.0 Å². The maximum atomic E-state index is 10.6. The summed E-state index contributed by atoms with van der Waals surface area (Å²) in [7, 11) is 0. The summed E-state index contributed by atoms with van der Waals surface area (Å²) in [6, 6.07) is 12.7. The second-order valence-corrected chi connectivity index (χ2v) is 6.94. The monoisotopic (exact) mass is 396 g/mol. The van der Waals surface area contributed by atoms with E-state index in [1.807, 2.05) is 13.0 Å². The van der Waals surface area contributed by atoms with Crippen LogP contribution >= 0.6 is 0 Å². The number of hydrogen-bond donors (Lipinski definition) is 1. The summed E-state index contributed by atoms with van der Waals surface area (Å²) >= 11 is 0. The molecule has 2 heterocycles. The Hall–Kier alpha value is -3.12. The van der Waals surface area contributed by atoms with E-state index in [0.29, 0.717) is 5.92 Å². The molecule has 2 aromatic carbocycles. The van der Waals surface area contributed by atoms with E-state index in [4.69, 9.17) is 14.9 Å². The Kier molecular flexibility index (Phi) is 7.56. The molecule has 1 aromatic heterocycles. The Morgan fingerprint density at radius 3 is 2.48 bits per heavy atom. The fourth-order valence-electron chi connectivity index (χ4n) is 3.33. The summed E-state index contributed by atoms with van der Waals surface area (Å²) in [5.41, 5.74) is 12.1. The van der Waals surface area contributed by atoms with E-state index in [1.165, 1.54) is 17.2 Å². The molecule has 0 amide bonds. The van der Waals surface area contributed by atoms with Gasteiger partial charge in [-0.25, -0.2) is 0 Å². The zero-order chi connectivity index (χ0) is 20.1. The number of anilines is 1. The molecule has 1 saturated heterocycles. The molecule has 1 fully saturated rings. The number of rotatable bonds is 3. The standard InChI is InChI=1S/C11H9NO3.C11H15NO.CH4/c1-8-2-3-10(12(13)14)6-11(8)9-4-5-15-7-9;1-8-2-3-10(12)6-11(8)9-4-5-13-7-9;/h2-7H,1H3;2-3,6,9H,4-5,7,12H2,1H3;1H4. The van der Waals surface area contributed by atoms with Crippen LogP contribution in [-0.4, -0.2) is 18.1 Å². The van der Waals surface area contributed by atoms with Gasteiger partial charge in [-0.3, -0.25) is 10.1 Å². The van der Waals surface area contributed by atoms with Crippen LogP contribution in [0.4, 0.5) is 11.4 Å². The van der Waals surface area contributed by atoms with E-state index in [0.717, 1.165) is 42.0 Å². The number of nitro groups is 1. The van der Waals surface area contributed by atoms with Crippen molar-refractivity contribution in [1.29, 1.82) is 0 Å². The van der Waals surface area contributed by atoms with Crippen LogP contribution in [0.1, 0.15) is 36.5 Å². The fourth-order valence-corrected chi connectivity index (χ4v) is 3.33. The number of nitro benzene ring substituents is 1. The smallest absolute Gasteiger partial charge is 0.270 e. The number of nitrogens with two attached hydrogens (primary N) is 1. The van der Waals surface area contributed by atoms with Gasteiger partial charge in [0.1, 0.15) is 0 Å². The van der Waals surface area contributed by atoms with Crippen molar-refractivity contribution in [1.82, 2.24) is 0 Å².